The monoisotopic (exact) mass is 273 g/mol. The Hall–Kier alpha value is -1.34. The first-order valence-electron chi connectivity index (χ1n) is 6.47. The van der Waals surface area contributed by atoms with Gasteiger partial charge in [-0.1, -0.05) is 13.8 Å². The molecular weight excluding hydrogens is 250 g/mol. The summed E-state index contributed by atoms with van der Waals surface area (Å²) in [6.45, 7) is 4.22. The van der Waals surface area contributed by atoms with Crippen molar-refractivity contribution in [3.8, 4) is 0 Å². The van der Waals surface area contributed by atoms with E-state index in [1.165, 1.54) is 7.11 Å². The van der Waals surface area contributed by atoms with Crippen molar-refractivity contribution < 1.29 is 19.4 Å². The quantitative estimate of drug-likeness (QED) is 0.606. The van der Waals surface area contributed by atoms with Crippen molar-refractivity contribution in [1.29, 1.82) is 0 Å². The van der Waals surface area contributed by atoms with E-state index in [4.69, 9.17) is 5.73 Å². The summed E-state index contributed by atoms with van der Waals surface area (Å²) < 4.78 is 4.52. The molecule has 7 nitrogen and oxygen atoms in total. The average molecular weight is 273 g/mol. The van der Waals surface area contributed by atoms with Gasteiger partial charge in [0.05, 0.1) is 13.2 Å². The fraction of sp³-hybridized carbons (Fsp3) is 0.833. The number of methoxy groups -OCH3 is 1. The highest BCUT2D eigenvalue weighted by Crippen LogP contribution is 2.21. The van der Waals surface area contributed by atoms with Crippen LogP contribution in [0.2, 0.25) is 0 Å². The Morgan fingerprint density at radius 2 is 2.11 bits per heavy atom. The van der Waals surface area contributed by atoms with E-state index in [-0.39, 0.29) is 17.9 Å². The van der Waals surface area contributed by atoms with Crippen LogP contribution in [0.15, 0.2) is 0 Å². The molecule has 2 amide bonds. The van der Waals surface area contributed by atoms with Gasteiger partial charge in [0.1, 0.15) is 12.3 Å². The normalized spacial score (nSPS) is 22.2. The summed E-state index contributed by atoms with van der Waals surface area (Å²) in [6, 6.07) is -1.06. The Morgan fingerprint density at radius 1 is 1.47 bits per heavy atom. The summed E-state index contributed by atoms with van der Waals surface area (Å²) in [5.74, 6) is -0.310. The van der Waals surface area contributed by atoms with E-state index in [0.717, 1.165) is 6.42 Å². The molecule has 0 saturated carbocycles. The molecule has 1 fully saturated rings. The summed E-state index contributed by atoms with van der Waals surface area (Å²) in [5.41, 5.74) is 5.48. The van der Waals surface area contributed by atoms with E-state index in [1.807, 2.05) is 13.8 Å². The van der Waals surface area contributed by atoms with Crippen molar-refractivity contribution in [3.05, 3.63) is 0 Å². The molecule has 0 bridgehead atoms. The molecule has 1 saturated heterocycles. The predicted octanol–water partition coefficient (Wildman–Crippen LogP) is -0.365. The van der Waals surface area contributed by atoms with E-state index in [0.29, 0.717) is 13.0 Å². The van der Waals surface area contributed by atoms with Gasteiger partial charge in [-0.15, -0.1) is 0 Å². The third kappa shape index (κ3) is 3.81. The lowest BCUT2D eigenvalue weighted by Crippen LogP contribution is -2.55. The minimum atomic E-state index is -1.06. The molecule has 0 aromatic heterocycles. The molecule has 1 heterocycles. The maximum absolute atomic E-state index is 12.4. The first kappa shape index (κ1) is 15.7. The highest BCUT2D eigenvalue weighted by Gasteiger charge is 2.37. The van der Waals surface area contributed by atoms with Crippen LogP contribution in [0.4, 0.5) is 4.79 Å². The first-order valence-corrected chi connectivity index (χ1v) is 6.47. The zero-order chi connectivity index (χ0) is 14.6. The van der Waals surface area contributed by atoms with Crippen LogP contribution in [-0.4, -0.2) is 54.0 Å². The number of nitrogens with zero attached hydrogens (tertiary/aromatic N) is 1. The molecule has 0 aliphatic carbocycles. The second-order valence-electron chi connectivity index (χ2n) is 5.09. The van der Waals surface area contributed by atoms with Gasteiger partial charge in [-0.2, -0.15) is 0 Å². The van der Waals surface area contributed by atoms with Gasteiger partial charge in [-0.25, -0.2) is 4.79 Å². The molecule has 7 heteroatoms. The highest BCUT2D eigenvalue weighted by atomic mass is 16.5. The topological polar surface area (TPSA) is 105 Å². The molecule has 4 N–H and O–H groups in total. The number of aliphatic hydroxyl groups is 1. The number of rotatable bonds is 4. The summed E-state index contributed by atoms with van der Waals surface area (Å²) in [4.78, 5) is 25.3. The molecule has 1 aliphatic rings. The molecule has 0 aromatic carbocycles. The fourth-order valence-electron chi connectivity index (χ4n) is 2.30. The van der Waals surface area contributed by atoms with Gasteiger partial charge in [0, 0.05) is 6.54 Å². The van der Waals surface area contributed by atoms with E-state index in [2.05, 4.69) is 10.1 Å². The SMILES string of the molecule is COC(=O)N[C@H](C(=O)N1CCCC1C(N)O)C(C)C. The Kier molecular flexibility index (Phi) is 5.56. The molecule has 3 atom stereocenters. The predicted molar refractivity (Wildman–Crippen MR) is 69.1 cm³/mol. The summed E-state index contributed by atoms with van der Waals surface area (Å²) in [5, 5.41) is 12.0. The van der Waals surface area contributed by atoms with Crippen molar-refractivity contribution in [2.75, 3.05) is 13.7 Å². The van der Waals surface area contributed by atoms with Crippen LogP contribution in [-0.2, 0) is 9.53 Å². The Bertz CT molecular complexity index is 333. The molecule has 19 heavy (non-hydrogen) atoms. The molecular formula is C12H23N3O4. The maximum Gasteiger partial charge on any atom is 0.407 e. The number of hydrogen-bond acceptors (Lipinski definition) is 5. The molecule has 0 radical (unpaired) electrons. The number of aliphatic hydroxyl groups excluding tert-OH is 1. The lowest BCUT2D eigenvalue weighted by molar-refractivity contribution is -0.137. The number of carbonyl (C=O) groups excluding carboxylic acids is 2. The molecule has 1 rings (SSSR count). The van der Waals surface area contributed by atoms with Crippen LogP contribution < -0.4 is 11.1 Å². The Morgan fingerprint density at radius 3 is 2.58 bits per heavy atom. The molecule has 0 aromatic rings. The smallest absolute Gasteiger partial charge is 0.407 e. The largest absolute Gasteiger partial charge is 0.453 e. The van der Waals surface area contributed by atoms with Crippen molar-refractivity contribution in [3.63, 3.8) is 0 Å². The summed E-state index contributed by atoms with van der Waals surface area (Å²) >= 11 is 0. The summed E-state index contributed by atoms with van der Waals surface area (Å²) in [7, 11) is 1.25. The van der Waals surface area contributed by atoms with Gasteiger partial charge in [0.2, 0.25) is 5.91 Å². The number of ether oxygens (including phenoxy) is 1. The third-order valence-electron chi connectivity index (χ3n) is 3.37. The van der Waals surface area contributed by atoms with Crippen LogP contribution >= 0.6 is 0 Å². The van der Waals surface area contributed by atoms with Gasteiger partial charge in [0.15, 0.2) is 0 Å². The van der Waals surface area contributed by atoms with Crippen molar-refractivity contribution in [2.45, 2.75) is 45.0 Å². The van der Waals surface area contributed by atoms with Crippen molar-refractivity contribution in [2.24, 2.45) is 11.7 Å². The van der Waals surface area contributed by atoms with Crippen LogP contribution in [0.5, 0.6) is 0 Å². The minimum Gasteiger partial charge on any atom is -0.453 e. The molecule has 110 valence electrons. The molecule has 1 aliphatic heterocycles. The van der Waals surface area contributed by atoms with Gasteiger partial charge in [-0.3, -0.25) is 4.79 Å². The molecule has 2 unspecified atom stereocenters. The third-order valence-corrected chi connectivity index (χ3v) is 3.37. The van der Waals surface area contributed by atoms with Crippen LogP contribution in [0.25, 0.3) is 0 Å². The Balaban J connectivity index is 2.78. The van der Waals surface area contributed by atoms with Crippen LogP contribution in [0, 0.1) is 5.92 Å². The van der Waals surface area contributed by atoms with Gasteiger partial charge >= 0.3 is 6.09 Å². The molecule has 0 spiro atoms. The van der Waals surface area contributed by atoms with E-state index >= 15 is 0 Å². The van der Waals surface area contributed by atoms with E-state index in [1.54, 1.807) is 4.90 Å². The van der Waals surface area contributed by atoms with E-state index < -0.39 is 18.4 Å². The number of alkyl carbamates (subject to hydrolysis) is 1. The van der Waals surface area contributed by atoms with Crippen LogP contribution in [0.1, 0.15) is 26.7 Å². The zero-order valence-corrected chi connectivity index (χ0v) is 11.6. The number of carbonyl (C=O) groups is 2. The second-order valence-corrected chi connectivity index (χ2v) is 5.09. The number of amides is 2. The maximum atomic E-state index is 12.4. The lowest BCUT2D eigenvalue weighted by Gasteiger charge is -2.31. The van der Waals surface area contributed by atoms with Gasteiger partial charge in [0.25, 0.3) is 0 Å². The van der Waals surface area contributed by atoms with Crippen molar-refractivity contribution >= 4 is 12.0 Å². The van der Waals surface area contributed by atoms with Crippen molar-refractivity contribution in [1.82, 2.24) is 10.2 Å². The number of nitrogens with one attached hydrogen (secondary N) is 1. The Labute approximate surface area is 113 Å². The number of hydrogen-bond donors (Lipinski definition) is 3. The average Bonchev–Trinajstić information content (AvgIpc) is 2.83. The fourth-order valence-corrected chi connectivity index (χ4v) is 2.30. The number of likely N-dealkylation sites (tertiary alicyclic amines) is 1. The zero-order valence-electron chi connectivity index (χ0n) is 11.6. The first-order chi connectivity index (χ1) is 8.88. The standard InChI is InChI=1S/C12H23N3O4/c1-7(2)9(14-12(18)19-3)11(17)15-6-4-5-8(15)10(13)16/h7-10,16H,4-6,13H2,1-3H3,(H,14,18)/t8?,9-,10?/m0/s1. The second kappa shape index (κ2) is 6.72. The van der Waals surface area contributed by atoms with Gasteiger partial charge in [-0.05, 0) is 18.8 Å². The highest BCUT2D eigenvalue weighted by molar-refractivity contribution is 5.86. The summed E-state index contributed by atoms with van der Waals surface area (Å²) in [6.07, 6.45) is -0.228. The minimum absolute atomic E-state index is 0.0808. The lowest BCUT2D eigenvalue weighted by atomic mass is 10.0. The van der Waals surface area contributed by atoms with Gasteiger partial charge < -0.3 is 25.8 Å². The number of nitrogens with two attached hydrogens (primary N) is 1. The van der Waals surface area contributed by atoms with E-state index in [9.17, 15) is 14.7 Å². The van der Waals surface area contributed by atoms with Crippen LogP contribution in [0.3, 0.4) is 0 Å².